The maximum atomic E-state index is 12.6. The molecule has 1 amide bonds. The number of imidazole rings is 1. The van der Waals surface area contributed by atoms with Crippen LogP contribution in [-0.4, -0.2) is 40.6 Å². The molecular weight excluding hydrogens is 388 g/mol. The fraction of sp³-hybridized carbons (Fsp3) is 0.440. The second-order valence-electron chi connectivity index (χ2n) is 8.60. The topological polar surface area (TPSA) is 59.4 Å². The van der Waals surface area contributed by atoms with Crippen LogP contribution in [0.1, 0.15) is 44.1 Å². The van der Waals surface area contributed by atoms with Gasteiger partial charge in [0, 0.05) is 18.5 Å². The minimum absolute atomic E-state index is 0.0819. The molecule has 31 heavy (non-hydrogen) atoms. The van der Waals surface area contributed by atoms with Gasteiger partial charge in [0.05, 0.1) is 24.7 Å². The predicted molar refractivity (Wildman–Crippen MR) is 123 cm³/mol. The van der Waals surface area contributed by atoms with Gasteiger partial charge in [-0.3, -0.25) is 9.69 Å². The number of ether oxygens (including phenoxy) is 1. The Morgan fingerprint density at radius 2 is 1.84 bits per heavy atom. The fourth-order valence-corrected chi connectivity index (χ4v) is 4.41. The van der Waals surface area contributed by atoms with E-state index in [4.69, 9.17) is 9.72 Å². The van der Waals surface area contributed by atoms with Crippen molar-refractivity contribution < 1.29 is 9.53 Å². The first-order valence-corrected chi connectivity index (χ1v) is 11.1. The van der Waals surface area contributed by atoms with Crippen LogP contribution in [0.2, 0.25) is 0 Å². The van der Waals surface area contributed by atoms with Crippen LogP contribution < -0.4 is 10.1 Å². The number of fused-ring (bicyclic) bond motifs is 1. The van der Waals surface area contributed by atoms with Crippen LogP contribution in [0, 0.1) is 5.92 Å². The SMILES string of the molecule is COc1ccc(CNC(=O)C2CCN(Cc3nc4ccccc4n3C(C)C)CC2)cc1. The lowest BCUT2D eigenvalue weighted by Crippen LogP contribution is -2.40. The zero-order valence-corrected chi connectivity index (χ0v) is 18.7. The number of piperidine rings is 1. The van der Waals surface area contributed by atoms with E-state index < -0.39 is 0 Å². The first-order valence-electron chi connectivity index (χ1n) is 11.1. The Bertz CT molecular complexity index is 1020. The highest BCUT2D eigenvalue weighted by atomic mass is 16.5. The first-order chi connectivity index (χ1) is 15.0. The van der Waals surface area contributed by atoms with Crippen LogP contribution in [0.3, 0.4) is 0 Å². The molecule has 1 fully saturated rings. The van der Waals surface area contributed by atoms with E-state index in [1.807, 2.05) is 30.3 Å². The highest BCUT2D eigenvalue weighted by Crippen LogP contribution is 2.24. The zero-order valence-electron chi connectivity index (χ0n) is 18.7. The summed E-state index contributed by atoms with van der Waals surface area (Å²) in [7, 11) is 1.65. The molecule has 6 nitrogen and oxygen atoms in total. The van der Waals surface area contributed by atoms with Crippen molar-refractivity contribution in [2.75, 3.05) is 20.2 Å². The Morgan fingerprint density at radius 3 is 2.52 bits per heavy atom. The lowest BCUT2D eigenvalue weighted by atomic mass is 9.96. The number of carbonyl (C=O) groups excluding carboxylic acids is 1. The smallest absolute Gasteiger partial charge is 0.223 e. The molecule has 0 unspecified atom stereocenters. The van der Waals surface area contributed by atoms with Gasteiger partial charge in [0.25, 0.3) is 0 Å². The van der Waals surface area contributed by atoms with Crippen LogP contribution >= 0.6 is 0 Å². The summed E-state index contributed by atoms with van der Waals surface area (Å²) in [6.45, 7) is 7.63. The van der Waals surface area contributed by atoms with E-state index in [-0.39, 0.29) is 11.8 Å². The van der Waals surface area contributed by atoms with Crippen LogP contribution in [0.25, 0.3) is 11.0 Å². The molecule has 0 spiro atoms. The van der Waals surface area contributed by atoms with Crippen molar-refractivity contribution in [1.29, 1.82) is 0 Å². The molecule has 0 atom stereocenters. The number of carbonyl (C=O) groups is 1. The number of nitrogens with one attached hydrogen (secondary N) is 1. The number of methoxy groups -OCH3 is 1. The van der Waals surface area contributed by atoms with E-state index in [9.17, 15) is 4.79 Å². The molecule has 1 N–H and O–H groups in total. The fourth-order valence-electron chi connectivity index (χ4n) is 4.41. The van der Waals surface area contributed by atoms with Crippen molar-refractivity contribution in [2.45, 2.75) is 45.8 Å². The highest BCUT2D eigenvalue weighted by molar-refractivity contribution is 5.78. The first kappa shape index (κ1) is 21.4. The van der Waals surface area contributed by atoms with Gasteiger partial charge in [0.1, 0.15) is 11.6 Å². The number of likely N-dealkylation sites (tertiary alicyclic amines) is 1. The standard InChI is InChI=1S/C25H32N4O2/c1-18(2)29-23-7-5-4-6-22(23)27-24(29)17-28-14-12-20(13-15-28)25(30)26-16-19-8-10-21(31-3)11-9-19/h4-11,18,20H,12-17H2,1-3H3,(H,26,30). The molecule has 1 saturated heterocycles. The Kier molecular flexibility index (Phi) is 6.56. The third-order valence-electron chi connectivity index (χ3n) is 6.13. The van der Waals surface area contributed by atoms with Crippen LogP contribution in [-0.2, 0) is 17.9 Å². The van der Waals surface area contributed by atoms with Gasteiger partial charge < -0.3 is 14.6 Å². The Hall–Kier alpha value is -2.86. The molecule has 3 aromatic rings. The summed E-state index contributed by atoms with van der Waals surface area (Å²) in [5, 5.41) is 3.10. The van der Waals surface area contributed by atoms with Crippen LogP contribution in [0.15, 0.2) is 48.5 Å². The van der Waals surface area contributed by atoms with Crippen molar-refractivity contribution in [2.24, 2.45) is 5.92 Å². The van der Waals surface area contributed by atoms with E-state index in [0.717, 1.165) is 55.1 Å². The number of amides is 1. The highest BCUT2D eigenvalue weighted by Gasteiger charge is 2.26. The molecule has 0 radical (unpaired) electrons. The second kappa shape index (κ2) is 9.52. The lowest BCUT2D eigenvalue weighted by molar-refractivity contribution is -0.126. The number of aromatic nitrogens is 2. The molecule has 0 aliphatic carbocycles. The molecule has 1 aliphatic rings. The van der Waals surface area contributed by atoms with E-state index in [0.29, 0.717) is 12.6 Å². The van der Waals surface area contributed by atoms with Crippen molar-refractivity contribution in [3.05, 3.63) is 59.9 Å². The van der Waals surface area contributed by atoms with Crippen LogP contribution in [0.4, 0.5) is 0 Å². The van der Waals surface area contributed by atoms with Crippen LogP contribution in [0.5, 0.6) is 5.75 Å². The summed E-state index contributed by atoms with van der Waals surface area (Å²) in [5.74, 6) is 2.18. The molecule has 2 aromatic carbocycles. The Morgan fingerprint density at radius 1 is 1.13 bits per heavy atom. The number of hydrogen-bond donors (Lipinski definition) is 1. The van der Waals surface area contributed by atoms with Gasteiger partial charge in [0.15, 0.2) is 0 Å². The van der Waals surface area contributed by atoms with Gasteiger partial charge in [-0.15, -0.1) is 0 Å². The average molecular weight is 421 g/mol. The second-order valence-corrected chi connectivity index (χ2v) is 8.60. The van der Waals surface area contributed by atoms with E-state index in [2.05, 4.69) is 46.8 Å². The summed E-state index contributed by atoms with van der Waals surface area (Å²) >= 11 is 0. The number of hydrogen-bond acceptors (Lipinski definition) is 4. The Labute approximate surface area is 184 Å². The quantitative estimate of drug-likeness (QED) is 0.624. The maximum absolute atomic E-state index is 12.6. The van der Waals surface area contributed by atoms with Gasteiger partial charge in [-0.2, -0.15) is 0 Å². The van der Waals surface area contributed by atoms with E-state index >= 15 is 0 Å². The minimum Gasteiger partial charge on any atom is -0.497 e. The molecule has 6 heteroatoms. The monoisotopic (exact) mass is 420 g/mol. The molecule has 1 aromatic heterocycles. The molecule has 2 heterocycles. The molecule has 0 bridgehead atoms. The number of rotatable bonds is 7. The number of benzene rings is 2. The summed E-state index contributed by atoms with van der Waals surface area (Å²) in [6, 6.07) is 16.5. The maximum Gasteiger partial charge on any atom is 0.223 e. The summed E-state index contributed by atoms with van der Waals surface area (Å²) in [6.07, 6.45) is 1.77. The van der Waals surface area contributed by atoms with Gasteiger partial charge in [0.2, 0.25) is 5.91 Å². The number of nitrogens with zero attached hydrogens (tertiary/aromatic N) is 3. The third kappa shape index (κ3) is 4.90. The van der Waals surface area contributed by atoms with E-state index in [1.165, 1.54) is 5.52 Å². The van der Waals surface area contributed by atoms with Crippen molar-refractivity contribution in [3.8, 4) is 5.75 Å². The Balaban J connectivity index is 1.31. The van der Waals surface area contributed by atoms with Gasteiger partial charge in [-0.25, -0.2) is 4.98 Å². The summed E-state index contributed by atoms with van der Waals surface area (Å²) in [5.41, 5.74) is 3.33. The van der Waals surface area contributed by atoms with Gasteiger partial charge >= 0.3 is 0 Å². The molecule has 1 aliphatic heterocycles. The predicted octanol–water partition coefficient (Wildman–Crippen LogP) is 4.15. The largest absolute Gasteiger partial charge is 0.497 e. The molecule has 0 saturated carbocycles. The van der Waals surface area contributed by atoms with Gasteiger partial charge in [-0.1, -0.05) is 24.3 Å². The third-order valence-corrected chi connectivity index (χ3v) is 6.13. The van der Waals surface area contributed by atoms with Crippen molar-refractivity contribution in [1.82, 2.24) is 19.8 Å². The summed E-state index contributed by atoms with van der Waals surface area (Å²) in [4.78, 5) is 20.0. The zero-order chi connectivity index (χ0) is 21.8. The number of para-hydroxylation sites is 2. The molecule has 164 valence electrons. The van der Waals surface area contributed by atoms with Gasteiger partial charge in [-0.05, 0) is 69.6 Å². The van der Waals surface area contributed by atoms with Crippen molar-refractivity contribution in [3.63, 3.8) is 0 Å². The molecule has 4 rings (SSSR count). The normalized spacial score (nSPS) is 15.5. The lowest BCUT2D eigenvalue weighted by Gasteiger charge is -2.31. The minimum atomic E-state index is 0.0819. The average Bonchev–Trinajstić information content (AvgIpc) is 3.16. The van der Waals surface area contributed by atoms with Crippen molar-refractivity contribution >= 4 is 16.9 Å². The molecular formula is C25H32N4O2. The van der Waals surface area contributed by atoms with E-state index in [1.54, 1.807) is 7.11 Å². The summed E-state index contributed by atoms with van der Waals surface area (Å²) < 4.78 is 7.52.